The molecular formula is C29H40N2O6S. The SMILES string of the molecule is CC(=O)NCCCCCC(=O)Nc1cccc([C@@H]2O[C@H](CSCCO)[C@H](C)[C@H](c3ccc(CO)cc3)O2)c1. The lowest BCUT2D eigenvalue weighted by molar-refractivity contribution is -0.268. The van der Waals surface area contributed by atoms with Gasteiger partial charge in [0.15, 0.2) is 6.29 Å². The molecular weight excluding hydrogens is 504 g/mol. The summed E-state index contributed by atoms with van der Waals surface area (Å²) in [6.45, 7) is 4.35. The van der Waals surface area contributed by atoms with Gasteiger partial charge < -0.3 is 30.3 Å². The number of carbonyl (C=O) groups excluding carboxylic acids is 2. The number of nitrogens with one attached hydrogen (secondary N) is 2. The highest BCUT2D eigenvalue weighted by Gasteiger charge is 2.38. The number of hydrogen-bond donors (Lipinski definition) is 4. The van der Waals surface area contributed by atoms with E-state index in [9.17, 15) is 19.8 Å². The van der Waals surface area contributed by atoms with Gasteiger partial charge in [0.05, 0.1) is 25.4 Å². The Morgan fingerprint density at radius 3 is 2.50 bits per heavy atom. The van der Waals surface area contributed by atoms with Gasteiger partial charge in [-0.1, -0.05) is 49.7 Å². The average molecular weight is 545 g/mol. The number of ether oxygens (including phenoxy) is 2. The number of anilines is 1. The van der Waals surface area contributed by atoms with Gasteiger partial charge in [-0.3, -0.25) is 9.59 Å². The summed E-state index contributed by atoms with van der Waals surface area (Å²) in [5.74, 6) is 1.35. The number of aliphatic hydroxyl groups excluding tert-OH is 2. The number of amides is 2. The van der Waals surface area contributed by atoms with E-state index in [2.05, 4.69) is 17.6 Å². The normalized spacial score (nSPS) is 21.2. The van der Waals surface area contributed by atoms with Crippen molar-refractivity contribution >= 4 is 29.3 Å². The maximum atomic E-state index is 12.5. The van der Waals surface area contributed by atoms with Crippen molar-refractivity contribution in [2.75, 3.05) is 30.0 Å². The topological polar surface area (TPSA) is 117 Å². The molecule has 0 aromatic heterocycles. The number of hydrogen-bond acceptors (Lipinski definition) is 7. The van der Waals surface area contributed by atoms with Crippen LogP contribution in [-0.2, 0) is 25.7 Å². The first-order valence-corrected chi connectivity index (χ1v) is 14.4. The van der Waals surface area contributed by atoms with Gasteiger partial charge in [-0.2, -0.15) is 11.8 Å². The van der Waals surface area contributed by atoms with E-state index in [0.717, 1.165) is 41.7 Å². The van der Waals surface area contributed by atoms with Crippen LogP contribution >= 0.6 is 11.8 Å². The van der Waals surface area contributed by atoms with Crippen LogP contribution in [0.3, 0.4) is 0 Å². The number of rotatable bonds is 14. The molecule has 3 rings (SSSR count). The smallest absolute Gasteiger partial charge is 0.224 e. The molecule has 1 fully saturated rings. The Morgan fingerprint density at radius 2 is 1.79 bits per heavy atom. The molecule has 8 nitrogen and oxygen atoms in total. The van der Waals surface area contributed by atoms with E-state index in [1.165, 1.54) is 6.92 Å². The molecule has 2 amide bonds. The molecule has 0 bridgehead atoms. The molecule has 9 heteroatoms. The van der Waals surface area contributed by atoms with Gasteiger partial charge in [0.2, 0.25) is 11.8 Å². The monoisotopic (exact) mass is 544 g/mol. The van der Waals surface area contributed by atoms with Crippen LogP contribution in [0.1, 0.15) is 68.6 Å². The largest absolute Gasteiger partial charge is 0.396 e. The van der Waals surface area contributed by atoms with Gasteiger partial charge in [0.25, 0.3) is 0 Å². The van der Waals surface area contributed by atoms with Gasteiger partial charge >= 0.3 is 0 Å². The van der Waals surface area contributed by atoms with Crippen molar-refractivity contribution in [1.82, 2.24) is 5.32 Å². The lowest BCUT2D eigenvalue weighted by atomic mass is 9.91. The highest BCUT2D eigenvalue weighted by Crippen LogP contribution is 2.42. The quantitative estimate of drug-likeness (QED) is 0.262. The number of unbranched alkanes of at least 4 members (excludes halogenated alkanes) is 2. The second-order valence-electron chi connectivity index (χ2n) is 9.59. The van der Waals surface area contributed by atoms with Gasteiger partial charge in [0, 0.05) is 48.6 Å². The van der Waals surface area contributed by atoms with E-state index in [4.69, 9.17) is 9.47 Å². The highest BCUT2D eigenvalue weighted by atomic mass is 32.2. The first-order valence-electron chi connectivity index (χ1n) is 13.2. The van der Waals surface area contributed by atoms with E-state index in [-0.39, 0.29) is 43.2 Å². The second kappa shape index (κ2) is 15.9. The summed E-state index contributed by atoms with van der Waals surface area (Å²) >= 11 is 1.65. The molecule has 0 aliphatic carbocycles. The van der Waals surface area contributed by atoms with Crippen LogP contribution in [0.15, 0.2) is 48.5 Å². The molecule has 4 N–H and O–H groups in total. The molecule has 0 saturated carbocycles. The molecule has 2 aromatic carbocycles. The Balaban J connectivity index is 1.65. The van der Waals surface area contributed by atoms with E-state index >= 15 is 0 Å². The van der Waals surface area contributed by atoms with Crippen LogP contribution in [0, 0.1) is 5.92 Å². The first-order chi connectivity index (χ1) is 18.4. The second-order valence-corrected chi connectivity index (χ2v) is 10.7. The van der Waals surface area contributed by atoms with Crippen LogP contribution in [-0.4, -0.2) is 52.8 Å². The van der Waals surface area contributed by atoms with E-state index in [0.29, 0.717) is 24.4 Å². The van der Waals surface area contributed by atoms with Crippen LogP contribution in [0.5, 0.6) is 0 Å². The number of thioether (sulfide) groups is 1. The molecule has 0 unspecified atom stereocenters. The fourth-order valence-corrected chi connectivity index (χ4v) is 5.32. The van der Waals surface area contributed by atoms with Crippen LogP contribution in [0.25, 0.3) is 0 Å². The Hall–Kier alpha value is -2.43. The minimum atomic E-state index is -0.612. The molecule has 0 spiro atoms. The van der Waals surface area contributed by atoms with Crippen LogP contribution < -0.4 is 10.6 Å². The lowest BCUT2D eigenvalue weighted by Crippen LogP contribution is -2.38. The van der Waals surface area contributed by atoms with Crippen molar-refractivity contribution in [3.05, 3.63) is 65.2 Å². The highest BCUT2D eigenvalue weighted by molar-refractivity contribution is 7.99. The zero-order valence-corrected chi connectivity index (χ0v) is 23.0. The van der Waals surface area contributed by atoms with Crippen LogP contribution in [0.4, 0.5) is 5.69 Å². The summed E-state index contributed by atoms with van der Waals surface area (Å²) in [6.07, 6.45) is 1.96. The maximum absolute atomic E-state index is 12.5. The van der Waals surface area contributed by atoms with E-state index < -0.39 is 6.29 Å². The summed E-state index contributed by atoms with van der Waals surface area (Å²) in [5, 5.41) is 24.4. The van der Waals surface area contributed by atoms with Crippen molar-refractivity contribution < 1.29 is 29.3 Å². The molecule has 1 aliphatic heterocycles. The zero-order valence-electron chi connectivity index (χ0n) is 22.2. The van der Waals surface area contributed by atoms with Crippen LogP contribution in [0.2, 0.25) is 0 Å². The predicted octanol–water partition coefficient (Wildman–Crippen LogP) is 4.33. The predicted molar refractivity (Wildman–Crippen MR) is 150 cm³/mol. The minimum absolute atomic E-state index is 0.0108. The lowest BCUT2D eigenvalue weighted by Gasteiger charge is -2.41. The Kier molecular flexibility index (Phi) is 12.6. The Labute approximate surface area is 229 Å². The molecule has 1 heterocycles. The van der Waals surface area contributed by atoms with E-state index in [1.54, 1.807) is 11.8 Å². The minimum Gasteiger partial charge on any atom is -0.396 e. The van der Waals surface area contributed by atoms with Crippen molar-refractivity contribution in [2.45, 2.75) is 64.6 Å². The summed E-state index contributed by atoms with van der Waals surface area (Å²) < 4.78 is 12.9. The number of carbonyl (C=O) groups is 2. The van der Waals surface area contributed by atoms with Crippen molar-refractivity contribution in [1.29, 1.82) is 0 Å². The zero-order chi connectivity index (χ0) is 27.3. The molecule has 1 aliphatic rings. The van der Waals surface area contributed by atoms with Gasteiger partial charge in [-0.25, -0.2) is 0 Å². The summed E-state index contributed by atoms with van der Waals surface area (Å²) in [4.78, 5) is 23.4. The van der Waals surface area contributed by atoms with Crippen molar-refractivity contribution in [3.63, 3.8) is 0 Å². The van der Waals surface area contributed by atoms with Gasteiger partial charge in [0.1, 0.15) is 0 Å². The summed E-state index contributed by atoms with van der Waals surface area (Å²) in [6, 6.07) is 15.3. The first kappa shape index (κ1) is 30.1. The number of benzene rings is 2. The standard InChI is InChI=1S/C29H40N2O6S/c1-20-26(19-38-16-15-32)36-29(37-28(20)23-12-10-22(18-33)11-13-23)24-7-6-8-25(17-24)31-27(35)9-4-3-5-14-30-21(2)34/h6-8,10-13,17,20,26,28-29,32-33H,3-5,9,14-16,18-19H2,1-2H3,(H,30,34)(H,31,35)/t20-,26+,28+,29+/m0/s1. The molecule has 208 valence electrons. The third kappa shape index (κ3) is 9.39. The molecule has 2 aromatic rings. The van der Waals surface area contributed by atoms with Gasteiger partial charge in [-0.05, 0) is 36.1 Å². The summed E-state index contributed by atoms with van der Waals surface area (Å²) in [5.41, 5.74) is 3.37. The molecule has 0 radical (unpaired) electrons. The average Bonchev–Trinajstić information content (AvgIpc) is 2.91. The Bertz CT molecular complexity index is 1020. The third-order valence-electron chi connectivity index (χ3n) is 6.54. The third-order valence-corrected chi connectivity index (χ3v) is 7.57. The van der Waals surface area contributed by atoms with Gasteiger partial charge in [-0.15, -0.1) is 0 Å². The molecule has 4 atom stereocenters. The summed E-state index contributed by atoms with van der Waals surface area (Å²) in [7, 11) is 0. The van der Waals surface area contributed by atoms with Crippen molar-refractivity contribution in [2.24, 2.45) is 5.92 Å². The molecule has 38 heavy (non-hydrogen) atoms. The fourth-order valence-electron chi connectivity index (χ4n) is 4.41. The fraction of sp³-hybridized carbons (Fsp3) is 0.517. The Morgan fingerprint density at radius 1 is 1.00 bits per heavy atom. The van der Waals surface area contributed by atoms with E-state index in [1.807, 2.05) is 48.5 Å². The number of aliphatic hydroxyl groups is 2. The molecule has 1 saturated heterocycles. The maximum Gasteiger partial charge on any atom is 0.224 e. The van der Waals surface area contributed by atoms with Crippen molar-refractivity contribution in [3.8, 4) is 0 Å².